The molecular formula is C20H27N3O2. The quantitative estimate of drug-likeness (QED) is 0.794. The molecule has 5 heteroatoms. The second-order valence-electron chi connectivity index (χ2n) is 6.40. The zero-order chi connectivity index (χ0) is 17.3. The number of benzene rings is 1. The number of hydrogen-bond acceptors (Lipinski definition) is 5. The molecule has 0 saturated carbocycles. The zero-order valence-corrected chi connectivity index (χ0v) is 14.7. The smallest absolute Gasteiger partial charge is 0.0594 e. The molecule has 25 heavy (non-hydrogen) atoms. The van der Waals surface area contributed by atoms with Gasteiger partial charge in [0, 0.05) is 51.7 Å². The fourth-order valence-electron chi connectivity index (χ4n) is 3.16. The summed E-state index contributed by atoms with van der Waals surface area (Å²) >= 11 is 0. The number of ether oxygens (including phenoxy) is 1. The summed E-state index contributed by atoms with van der Waals surface area (Å²) in [6, 6.07) is 12.6. The van der Waals surface area contributed by atoms with Crippen LogP contribution in [0.2, 0.25) is 0 Å². The number of hydrogen-bond donors (Lipinski definition) is 1. The molecule has 0 unspecified atom stereocenters. The van der Waals surface area contributed by atoms with Gasteiger partial charge in [0.2, 0.25) is 0 Å². The molecule has 5 nitrogen and oxygen atoms in total. The molecule has 1 aliphatic heterocycles. The third kappa shape index (κ3) is 5.61. The first-order valence-electron chi connectivity index (χ1n) is 8.98. The van der Waals surface area contributed by atoms with Crippen LogP contribution in [0.5, 0.6) is 0 Å². The summed E-state index contributed by atoms with van der Waals surface area (Å²) in [6.45, 7) is 7.36. The molecular weight excluding hydrogens is 314 g/mol. The van der Waals surface area contributed by atoms with Gasteiger partial charge in [0.1, 0.15) is 0 Å². The maximum absolute atomic E-state index is 9.40. The van der Waals surface area contributed by atoms with Crippen molar-refractivity contribution in [1.29, 1.82) is 0 Å². The van der Waals surface area contributed by atoms with Crippen LogP contribution in [0.4, 0.5) is 0 Å². The zero-order valence-electron chi connectivity index (χ0n) is 14.7. The molecule has 1 aliphatic rings. The summed E-state index contributed by atoms with van der Waals surface area (Å²) in [5.41, 5.74) is 3.57. The number of morpholine rings is 1. The minimum absolute atomic E-state index is 0.186. The highest BCUT2D eigenvalue weighted by Crippen LogP contribution is 2.20. The van der Waals surface area contributed by atoms with E-state index in [9.17, 15) is 5.11 Å². The van der Waals surface area contributed by atoms with Crippen LogP contribution >= 0.6 is 0 Å². The molecule has 1 aromatic heterocycles. The van der Waals surface area contributed by atoms with Gasteiger partial charge in [0.05, 0.1) is 19.8 Å². The van der Waals surface area contributed by atoms with Gasteiger partial charge >= 0.3 is 0 Å². The van der Waals surface area contributed by atoms with Crippen LogP contribution in [0.1, 0.15) is 5.56 Å². The van der Waals surface area contributed by atoms with Crippen LogP contribution in [0, 0.1) is 0 Å². The average Bonchev–Trinajstić information content (AvgIpc) is 2.68. The van der Waals surface area contributed by atoms with Gasteiger partial charge in [-0.25, -0.2) is 0 Å². The molecule has 1 N–H and O–H groups in total. The Hall–Kier alpha value is -1.79. The Morgan fingerprint density at radius 1 is 1.08 bits per heavy atom. The molecule has 1 aromatic carbocycles. The van der Waals surface area contributed by atoms with E-state index in [0.717, 1.165) is 51.5 Å². The van der Waals surface area contributed by atoms with Crippen LogP contribution in [-0.2, 0) is 11.3 Å². The van der Waals surface area contributed by atoms with E-state index in [-0.39, 0.29) is 6.61 Å². The standard InChI is InChI=1S/C20H27N3O2/c24-12-9-23(8-7-22-10-13-25-14-11-22)17-18-3-1-4-19(15-18)20-5-2-6-21-16-20/h1-6,15-16,24H,7-14,17H2. The first-order valence-corrected chi connectivity index (χ1v) is 8.98. The van der Waals surface area contributed by atoms with Crippen LogP contribution < -0.4 is 0 Å². The van der Waals surface area contributed by atoms with Gasteiger partial charge in [0.25, 0.3) is 0 Å². The van der Waals surface area contributed by atoms with E-state index in [1.165, 1.54) is 11.1 Å². The van der Waals surface area contributed by atoms with Crippen molar-refractivity contribution in [3.05, 3.63) is 54.4 Å². The highest BCUT2D eigenvalue weighted by atomic mass is 16.5. The van der Waals surface area contributed by atoms with E-state index in [0.29, 0.717) is 6.54 Å². The number of pyridine rings is 1. The summed E-state index contributed by atoms with van der Waals surface area (Å²) in [5.74, 6) is 0. The summed E-state index contributed by atoms with van der Waals surface area (Å²) in [7, 11) is 0. The number of rotatable bonds is 8. The van der Waals surface area contributed by atoms with Crippen LogP contribution in [0.3, 0.4) is 0 Å². The molecule has 2 heterocycles. The summed E-state index contributed by atoms with van der Waals surface area (Å²) in [6.07, 6.45) is 3.69. The van der Waals surface area contributed by atoms with Crippen molar-refractivity contribution in [2.45, 2.75) is 6.54 Å². The van der Waals surface area contributed by atoms with Crippen molar-refractivity contribution in [3.63, 3.8) is 0 Å². The Bertz CT molecular complexity index is 630. The summed E-state index contributed by atoms with van der Waals surface area (Å²) in [4.78, 5) is 8.95. The first-order chi connectivity index (χ1) is 12.3. The van der Waals surface area contributed by atoms with Gasteiger partial charge in [-0.05, 0) is 28.8 Å². The van der Waals surface area contributed by atoms with Crippen molar-refractivity contribution in [2.24, 2.45) is 0 Å². The Morgan fingerprint density at radius 3 is 2.68 bits per heavy atom. The van der Waals surface area contributed by atoms with Crippen molar-refractivity contribution in [2.75, 3.05) is 52.5 Å². The largest absolute Gasteiger partial charge is 0.395 e. The van der Waals surface area contributed by atoms with Gasteiger partial charge in [-0.1, -0.05) is 24.3 Å². The topological polar surface area (TPSA) is 48.8 Å². The van der Waals surface area contributed by atoms with Crippen molar-refractivity contribution in [1.82, 2.24) is 14.8 Å². The Labute approximate surface area is 149 Å². The molecule has 134 valence electrons. The maximum atomic E-state index is 9.40. The highest BCUT2D eigenvalue weighted by molar-refractivity contribution is 5.62. The SMILES string of the molecule is OCCN(CCN1CCOCC1)Cc1cccc(-c2cccnc2)c1. The fraction of sp³-hybridized carbons (Fsp3) is 0.450. The number of aliphatic hydroxyl groups is 1. The lowest BCUT2D eigenvalue weighted by atomic mass is 10.0. The van der Waals surface area contributed by atoms with Crippen molar-refractivity contribution < 1.29 is 9.84 Å². The Kier molecular flexibility index (Phi) is 6.94. The van der Waals surface area contributed by atoms with Crippen LogP contribution in [0.15, 0.2) is 48.8 Å². The molecule has 0 spiro atoms. The van der Waals surface area contributed by atoms with E-state index in [4.69, 9.17) is 4.74 Å². The maximum Gasteiger partial charge on any atom is 0.0594 e. The third-order valence-corrected chi connectivity index (χ3v) is 4.58. The van der Waals surface area contributed by atoms with Crippen molar-refractivity contribution >= 4 is 0 Å². The van der Waals surface area contributed by atoms with E-state index >= 15 is 0 Å². The lowest BCUT2D eigenvalue weighted by molar-refractivity contribution is 0.0320. The Balaban J connectivity index is 1.61. The predicted octanol–water partition coefficient (Wildman–Crippen LogP) is 1.88. The summed E-state index contributed by atoms with van der Waals surface area (Å²) in [5, 5.41) is 9.40. The van der Waals surface area contributed by atoms with E-state index in [1.807, 2.05) is 12.3 Å². The minimum atomic E-state index is 0.186. The molecule has 0 amide bonds. The van der Waals surface area contributed by atoms with Crippen molar-refractivity contribution in [3.8, 4) is 11.1 Å². The predicted molar refractivity (Wildman–Crippen MR) is 99.3 cm³/mol. The monoisotopic (exact) mass is 341 g/mol. The Morgan fingerprint density at radius 2 is 1.92 bits per heavy atom. The van der Waals surface area contributed by atoms with E-state index in [1.54, 1.807) is 6.20 Å². The molecule has 0 radical (unpaired) electrons. The molecule has 0 bridgehead atoms. The average molecular weight is 341 g/mol. The third-order valence-electron chi connectivity index (χ3n) is 4.58. The molecule has 0 atom stereocenters. The second kappa shape index (κ2) is 9.63. The second-order valence-corrected chi connectivity index (χ2v) is 6.40. The van der Waals surface area contributed by atoms with Gasteiger partial charge < -0.3 is 9.84 Å². The number of aromatic nitrogens is 1. The number of aliphatic hydroxyl groups excluding tert-OH is 1. The lowest BCUT2D eigenvalue weighted by Gasteiger charge is -2.30. The van der Waals surface area contributed by atoms with E-state index in [2.05, 4.69) is 45.1 Å². The normalized spacial score (nSPS) is 15.6. The molecule has 3 rings (SSSR count). The molecule has 0 aliphatic carbocycles. The molecule has 2 aromatic rings. The van der Waals surface area contributed by atoms with Gasteiger partial charge in [0.15, 0.2) is 0 Å². The van der Waals surface area contributed by atoms with Gasteiger partial charge in [-0.2, -0.15) is 0 Å². The molecule has 1 fully saturated rings. The molecule has 1 saturated heterocycles. The van der Waals surface area contributed by atoms with Crippen LogP contribution in [0.25, 0.3) is 11.1 Å². The number of nitrogens with zero attached hydrogens (tertiary/aromatic N) is 3. The highest BCUT2D eigenvalue weighted by Gasteiger charge is 2.13. The fourth-order valence-corrected chi connectivity index (χ4v) is 3.16. The van der Waals surface area contributed by atoms with Gasteiger partial charge in [-0.15, -0.1) is 0 Å². The first kappa shape index (κ1) is 18.0. The van der Waals surface area contributed by atoms with Crippen LogP contribution in [-0.4, -0.2) is 72.4 Å². The minimum Gasteiger partial charge on any atom is -0.395 e. The van der Waals surface area contributed by atoms with E-state index < -0.39 is 0 Å². The lowest BCUT2D eigenvalue weighted by Crippen LogP contribution is -2.41. The van der Waals surface area contributed by atoms with Gasteiger partial charge in [-0.3, -0.25) is 14.8 Å². The summed E-state index contributed by atoms with van der Waals surface area (Å²) < 4.78 is 5.40.